The number of unbranched alkanes of at least 4 members (excludes halogenated alkanes) is 12. The fourth-order valence-electron chi connectivity index (χ4n) is 5.06. The number of quaternary nitrogens is 1. The molecule has 9 nitrogen and oxygen atoms in total. The van der Waals surface area contributed by atoms with Crippen molar-refractivity contribution in [2.75, 3.05) is 40.9 Å². The molecule has 0 spiro atoms. The van der Waals surface area contributed by atoms with E-state index < -0.39 is 32.7 Å². The number of nitrogens with zero attached hydrogens (tertiary/aromatic N) is 1. The van der Waals surface area contributed by atoms with Crippen molar-refractivity contribution in [3.63, 3.8) is 0 Å². The van der Waals surface area contributed by atoms with Crippen LogP contribution in [0.25, 0.3) is 0 Å². The number of carbonyl (C=O) groups is 1. The zero-order valence-electron chi connectivity index (χ0n) is 32.9. The Morgan fingerprint density at radius 2 is 1.31 bits per heavy atom. The third kappa shape index (κ3) is 35.0. The minimum atomic E-state index is -4.39. The molecule has 0 aliphatic rings. The molecule has 0 aromatic heterocycles. The highest BCUT2D eigenvalue weighted by Gasteiger charge is 2.27. The Labute approximate surface area is 312 Å². The molecular weight excluding hydrogens is 663 g/mol. The highest BCUT2D eigenvalue weighted by molar-refractivity contribution is 7.47. The molecule has 4 N–H and O–H groups in total. The monoisotopic (exact) mass is 740 g/mol. The van der Waals surface area contributed by atoms with Gasteiger partial charge >= 0.3 is 7.82 Å². The molecule has 1 amide bonds. The van der Waals surface area contributed by atoms with Gasteiger partial charge in [0.2, 0.25) is 5.91 Å². The van der Waals surface area contributed by atoms with Crippen LogP contribution in [0.2, 0.25) is 0 Å². The van der Waals surface area contributed by atoms with Gasteiger partial charge in [0.05, 0.1) is 46.0 Å². The molecule has 0 aromatic rings. The Bertz CT molecular complexity index is 1040. The number of rotatable bonds is 34. The SMILES string of the molecule is CCCCCCC/C=C\CC/C=C/[C@@H](O)[C@H](COP(=O)(O)OCC[N+](C)(C)C)NC(=O)CCCC(O)/C=C/C=C/C/C=C/CCCCCCCC. The number of aliphatic hydroxyl groups is 2. The molecule has 0 fully saturated rings. The first-order chi connectivity index (χ1) is 24.4. The summed E-state index contributed by atoms with van der Waals surface area (Å²) < 4.78 is 23.3. The average Bonchev–Trinajstić information content (AvgIpc) is 3.06. The molecule has 0 aromatic carbocycles. The first kappa shape index (κ1) is 49.2. The summed E-state index contributed by atoms with van der Waals surface area (Å²) in [6, 6.07) is -0.954. The number of likely N-dealkylation sites (N-methyl/N-ethyl adjacent to an activating group) is 1. The van der Waals surface area contributed by atoms with Gasteiger partial charge in [0.15, 0.2) is 0 Å². The summed E-state index contributed by atoms with van der Waals surface area (Å²) in [6.45, 7) is 4.57. The van der Waals surface area contributed by atoms with Crippen molar-refractivity contribution in [3.8, 4) is 0 Å². The van der Waals surface area contributed by atoms with E-state index in [1.54, 1.807) is 12.2 Å². The number of phosphoric acid groups is 1. The summed E-state index contributed by atoms with van der Waals surface area (Å²) in [4.78, 5) is 23.0. The number of carbonyl (C=O) groups excluding carboxylic acids is 1. The van der Waals surface area contributed by atoms with E-state index in [9.17, 15) is 24.5 Å². The quantitative estimate of drug-likeness (QED) is 0.0171. The Balaban J connectivity index is 4.76. The zero-order chi connectivity index (χ0) is 38.1. The van der Waals surface area contributed by atoms with Gasteiger partial charge < -0.3 is 24.9 Å². The van der Waals surface area contributed by atoms with Gasteiger partial charge in [-0.2, -0.15) is 0 Å². The summed E-state index contributed by atoms with van der Waals surface area (Å²) >= 11 is 0. The largest absolute Gasteiger partial charge is 0.472 e. The molecule has 0 radical (unpaired) electrons. The molecule has 0 rings (SSSR count). The molecule has 2 unspecified atom stereocenters. The first-order valence-corrected chi connectivity index (χ1v) is 21.3. The molecule has 0 heterocycles. The van der Waals surface area contributed by atoms with Crippen LogP contribution in [0.15, 0.2) is 60.8 Å². The molecule has 296 valence electrons. The number of amides is 1. The summed E-state index contributed by atoms with van der Waals surface area (Å²) in [6.07, 6.45) is 37.5. The maximum absolute atomic E-state index is 12.8. The second-order valence-corrected chi connectivity index (χ2v) is 15.9. The molecule has 0 saturated heterocycles. The lowest BCUT2D eigenvalue weighted by atomic mass is 10.1. The topological polar surface area (TPSA) is 125 Å². The number of phosphoric ester groups is 1. The van der Waals surface area contributed by atoms with E-state index in [-0.39, 0.29) is 18.9 Å². The van der Waals surface area contributed by atoms with E-state index in [0.29, 0.717) is 30.3 Å². The van der Waals surface area contributed by atoms with Gasteiger partial charge in [-0.3, -0.25) is 13.8 Å². The summed E-state index contributed by atoms with van der Waals surface area (Å²) in [5.74, 6) is -0.347. The van der Waals surface area contributed by atoms with Gasteiger partial charge in [0.1, 0.15) is 13.2 Å². The molecule has 0 saturated carbocycles. The van der Waals surface area contributed by atoms with Crippen LogP contribution in [0.4, 0.5) is 0 Å². The van der Waals surface area contributed by atoms with E-state index in [0.717, 1.165) is 25.7 Å². The first-order valence-electron chi connectivity index (χ1n) is 19.8. The third-order valence-electron chi connectivity index (χ3n) is 8.31. The van der Waals surface area contributed by atoms with Crippen LogP contribution >= 0.6 is 7.82 Å². The van der Waals surface area contributed by atoms with Crippen LogP contribution in [0.1, 0.15) is 136 Å². The molecule has 0 aliphatic heterocycles. The number of allylic oxidation sites excluding steroid dienone is 8. The van der Waals surface area contributed by atoms with E-state index in [1.165, 1.54) is 70.6 Å². The smallest absolute Gasteiger partial charge is 0.389 e. The number of nitrogens with one attached hydrogen (secondary N) is 1. The van der Waals surface area contributed by atoms with Crippen LogP contribution in [0.5, 0.6) is 0 Å². The van der Waals surface area contributed by atoms with Crippen molar-refractivity contribution in [2.24, 2.45) is 0 Å². The van der Waals surface area contributed by atoms with Gasteiger partial charge in [-0.1, -0.05) is 132 Å². The van der Waals surface area contributed by atoms with E-state index in [1.807, 2.05) is 45.4 Å². The summed E-state index contributed by atoms with van der Waals surface area (Å²) in [7, 11) is 1.43. The predicted molar refractivity (Wildman–Crippen MR) is 213 cm³/mol. The van der Waals surface area contributed by atoms with Gasteiger partial charge in [0.25, 0.3) is 0 Å². The number of hydrogen-bond acceptors (Lipinski definition) is 6. The van der Waals surface area contributed by atoms with Crippen molar-refractivity contribution >= 4 is 13.7 Å². The van der Waals surface area contributed by atoms with Crippen LogP contribution in [-0.2, 0) is 18.4 Å². The minimum absolute atomic E-state index is 0.0198. The minimum Gasteiger partial charge on any atom is -0.389 e. The standard InChI is InChI=1S/C41H75N2O7P/c1-6-8-10-12-14-16-18-19-21-22-24-26-28-31-38(44)32-30-34-41(46)42-39(37-50-51(47,48)49-36-35-43(3,4)5)40(45)33-29-27-25-23-20-17-15-13-11-9-7-2/h19-21,23-24,26,28-29,31,33,38-40,44-45H,6-18,22,25,27,30,32,34-37H2,1-5H3,(H-,42,46,47,48)/p+1/b21-19+,23-20-,26-24+,31-28+,33-29+/t38?,39-,40+/m0/s1. The summed E-state index contributed by atoms with van der Waals surface area (Å²) in [5.41, 5.74) is 0. The van der Waals surface area contributed by atoms with Gasteiger partial charge in [-0.05, 0) is 57.8 Å². The molecule has 4 atom stereocenters. The number of hydrogen-bond donors (Lipinski definition) is 4. The lowest BCUT2D eigenvalue weighted by Crippen LogP contribution is -2.45. The zero-order valence-corrected chi connectivity index (χ0v) is 33.8. The van der Waals surface area contributed by atoms with Gasteiger partial charge in [-0.15, -0.1) is 0 Å². The molecule has 51 heavy (non-hydrogen) atoms. The highest BCUT2D eigenvalue weighted by Crippen LogP contribution is 2.43. The Morgan fingerprint density at radius 3 is 1.96 bits per heavy atom. The van der Waals surface area contributed by atoms with Crippen LogP contribution in [0, 0.1) is 0 Å². The van der Waals surface area contributed by atoms with E-state index in [4.69, 9.17) is 9.05 Å². The molecule has 0 bridgehead atoms. The lowest BCUT2D eigenvalue weighted by molar-refractivity contribution is -0.870. The molecular formula is C41H76N2O7P+. The fourth-order valence-corrected chi connectivity index (χ4v) is 5.80. The Kier molecular flexibility index (Phi) is 31.6. The van der Waals surface area contributed by atoms with E-state index in [2.05, 4.69) is 43.5 Å². The van der Waals surface area contributed by atoms with Crippen LogP contribution in [-0.4, -0.2) is 84.6 Å². The van der Waals surface area contributed by atoms with Crippen molar-refractivity contribution < 1.29 is 38.0 Å². The van der Waals surface area contributed by atoms with Crippen LogP contribution < -0.4 is 5.32 Å². The van der Waals surface area contributed by atoms with Crippen molar-refractivity contribution in [1.82, 2.24) is 5.32 Å². The van der Waals surface area contributed by atoms with Crippen molar-refractivity contribution in [1.29, 1.82) is 0 Å². The van der Waals surface area contributed by atoms with Crippen molar-refractivity contribution in [3.05, 3.63) is 60.8 Å². The Morgan fingerprint density at radius 1 is 0.725 bits per heavy atom. The van der Waals surface area contributed by atoms with E-state index >= 15 is 0 Å². The fraction of sp³-hybridized carbons (Fsp3) is 0.732. The highest BCUT2D eigenvalue weighted by atomic mass is 31.2. The van der Waals surface area contributed by atoms with Crippen LogP contribution in [0.3, 0.4) is 0 Å². The molecule has 0 aliphatic carbocycles. The second-order valence-electron chi connectivity index (χ2n) is 14.5. The van der Waals surface area contributed by atoms with Gasteiger partial charge in [0, 0.05) is 6.42 Å². The third-order valence-corrected chi connectivity index (χ3v) is 9.30. The van der Waals surface area contributed by atoms with Gasteiger partial charge in [-0.25, -0.2) is 4.57 Å². The Hall–Kier alpha value is -1.84. The average molecular weight is 740 g/mol. The normalized spacial score (nSPS) is 15.8. The molecule has 10 heteroatoms. The maximum Gasteiger partial charge on any atom is 0.472 e. The maximum atomic E-state index is 12.8. The second kappa shape index (κ2) is 32.8. The lowest BCUT2D eigenvalue weighted by Gasteiger charge is -2.25. The number of aliphatic hydroxyl groups excluding tert-OH is 2. The predicted octanol–water partition coefficient (Wildman–Crippen LogP) is 9.27. The summed E-state index contributed by atoms with van der Waals surface area (Å²) in [5, 5.41) is 23.9. The van der Waals surface area contributed by atoms with Crippen molar-refractivity contribution in [2.45, 2.75) is 154 Å².